The summed E-state index contributed by atoms with van der Waals surface area (Å²) in [6.45, 7) is 2.00. The number of aromatic nitrogens is 6. The zero-order valence-corrected chi connectivity index (χ0v) is 16.6. The van der Waals surface area contributed by atoms with Crippen molar-refractivity contribution in [3.8, 4) is 11.6 Å². The summed E-state index contributed by atoms with van der Waals surface area (Å²) in [5.41, 5.74) is 2.44. The number of fused-ring (bicyclic) bond motifs is 1. The molecule has 0 N–H and O–H groups in total. The second-order valence-corrected chi connectivity index (χ2v) is 7.01. The highest BCUT2D eigenvalue weighted by Crippen LogP contribution is 2.40. The van der Waals surface area contributed by atoms with Crippen LogP contribution in [0.5, 0.6) is 0 Å². The van der Waals surface area contributed by atoms with Gasteiger partial charge in [0.15, 0.2) is 5.82 Å². The Morgan fingerprint density at radius 3 is 2.70 bits per heavy atom. The van der Waals surface area contributed by atoms with Crippen LogP contribution in [0.2, 0.25) is 0 Å². The third kappa shape index (κ3) is 2.83. The van der Waals surface area contributed by atoms with Crippen LogP contribution < -0.4 is 9.80 Å². The number of hydrogen-bond acceptors (Lipinski definition) is 6. The number of carbonyl (C=O) groups is 1. The van der Waals surface area contributed by atoms with E-state index in [-0.39, 0.29) is 11.9 Å². The molecule has 1 unspecified atom stereocenters. The number of rotatable bonds is 4. The molecule has 4 aromatic rings. The van der Waals surface area contributed by atoms with Crippen molar-refractivity contribution in [1.82, 2.24) is 29.3 Å². The largest absolute Gasteiger partial charge is 0.312 e. The summed E-state index contributed by atoms with van der Waals surface area (Å²) in [5.74, 6) is 1.19. The van der Waals surface area contributed by atoms with Crippen molar-refractivity contribution < 1.29 is 4.79 Å². The Hall–Kier alpha value is -4.01. The van der Waals surface area contributed by atoms with E-state index in [9.17, 15) is 4.79 Å². The van der Waals surface area contributed by atoms with E-state index in [4.69, 9.17) is 4.98 Å². The number of amides is 1. The molecule has 150 valence electrons. The lowest BCUT2D eigenvalue weighted by molar-refractivity contribution is -0.119. The van der Waals surface area contributed by atoms with Crippen molar-refractivity contribution in [2.24, 2.45) is 0 Å². The Labute approximate surface area is 173 Å². The van der Waals surface area contributed by atoms with Crippen LogP contribution >= 0.6 is 0 Å². The van der Waals surface area contributed by atoms with Crippen molar-refractivity contribution in [3.05, 3.63) is 67.6 Å². The van der Waals surface area contributed by atoms with Crippen LogP contribution in [0.3, 0.4) is 0 Å². The summed E-state index contributed by atoms with van der Waals surface area (Å²) in [6.07, 6.45) is 11.1. The van der Waals surface area contributed by atoms with Gasteiger partial charge in [-0.2, -0.15) is 10.1 Å². The number of benzene rings is 1. The molecular weight excluding hydrogens is 380 g/mol. The molecule has 0 bridgehead atoms. The van der Waals surface area contributed by atoms with Crippen LogP contribution in [-0.2, 0) is 4.79 Å². The smallest absolute Gasteiger partial charge is 0.250 e. The Kier molecular flexibility index (Phi) is 4.27. The standard InChI is InChI=1S/C21H20N8O/c1-3-17-20(30)26(2)18-13-23-21(27-11-9-22-14-27)25-19(18)29(17)16-7-4-6-15(12-16)28-10-5-8-24-28/h4-14,17H,3H2,1-2H3. The van der Waals surface area contributed by atoms with Gasteiger partial charge in [-0.15, -0.1) is 0 Å². The summed E-state index contributed by atoms with van der Waals surface area (Å²) in [7, 11) is 1.77. The summed E-state index contributed by atoms with van der Waals surface area (Å²) in [5, 5.41) is 4.32. The lowest BCUT2D eigenvalue weighted by Gasteiger charge is -2.40. The minimum atomic E-state index is -0.374. The quantitative estimate of drug-likeness (QED) is 0.524. The fourth-order valence-corrected chi connectivity index (χ4v) is 3.74. The highest BCUT2D eigenvalue weighted by atomic mass is 16.2. The highest BCUT2D eigenvalue weighted by molar-refractivity contribution is 6.06. The van der Waals surface area contributed by atoms with Crippen LogP contribution in [-0.4, -0.2) is 48.3 Å². The lowest BCUT2D eigenvalue weighted by atomic mass is 10.1. The molecule has 0 fully saturated rings. The van der Waals surface area contributed by atoms with E-state index in [2.05, 4.69) is 15.1 Å². The van der Waals surface area contributed by atoms with Gasteiger partial charge < -0.3 is 9.80 Å². The summed E-state index contributed by atoms with van der Waals surface area (Å²) in [6, 6.07) is 9.43. The maximum atomic E-state index is 13.1. The predicted molar refractivity (Wildman–Crippen MR) is 112 cm³/mol. The third-order valence-corrected chi connectivity index (χ3v) is 5.25. The normalized spacial score (nSPS) is 16.1. The van der Waals surface area contributed by atoms with E-state index in [1.54, 1.807) is 52.3 Å². The number of hydrogen-bond donors (Lipinski definition) is 0. The molecule has 30 heavy (non-hydrogen) atoms. The first-order valence-electron chi connectivity index (χ1n) is 9.69. The first-order chi connectivity index (χ1) is 14.7. The molecule has 9 heteroatoms. The van der Waals surface area contributed by atoms with Crippen LogP contribution in [0, 0.1) is 0 Å². The molecule has 0 saturated heterocycles. The molecule has 0 saturated carbocycles. The predicted octanol–water partition coefficient (Wildman–Crippen LogP) is 2.74. The molecule has 9 nitrogen and oxygen atoms in total. The number of anilines is 3. The summed E-state index contributed by atoms with van der Waals surface area (Å²) in [4.78, 5) is 30.1. The zero-order valence-electron chi connectivity index (χ0n) is 16.6. The average molecular weight is 400 g/mol. The van der Waals surface area contributed by atoms with Crippen LogP contribution in [0.15, 0.2) is 67.6 Å². The fraction of sp³-hybridized carbons (Fsp3) is 0.190. The Morgan fingerprint density at radius 1 is 1.10 bits per heavy atom. The molecule has 0 aliphatic carbocycles. The molecule has 4 heterocycles. The Bertz CT molecular complexity index is 1190. The first kappa shape index (κ1) is 18.0. The summed E-state index contributed by atoms with van der Waals surface area (Å²) < 4.78 is 3.54. The molecule has 3 aromatic heterocycles. The van der Waals surface area contributed by atoms with E-state index >= 15 is 0 Å². The fourth-order valence-electron chi connectivity index (χ4n) is 3.74. The Balaban J connectivity index is 1.69. The molecule has 0 spiro atoms. The second kappa shape index (κ2) is 7.11. The first-order valence-corrected chi connectivity index (χ1v) is 9.69. The maximum absolute atomic E-state index is 13.1. The zero-order chi connectivity index (χ0) is 20.7. The van der Waals surface area contributed by atoms with Crippen LogP contribution in [0.25, 0.3) is 11.6 Å². The topological polar surface area (TPSA) is 85.0 Å². The molecular formula is C21H20N8O. The van der Waals surface area contributed by atoms with Gasteiger partial charge in [0, 0.05) is 37.5 Å². The number of carbonyl (C=O) groups excluding carboxylic acids is 1. The molecule has 1 atom stereocenters. The molecule has 1 amide bonds. The van der Waals surface area contributed by atoms with E-state index < -0.39 is 0 Å². The van der Waals surface area contributed by atoms with E-state index in [1.807, 2.05) is 48.4 Å². The SMILES string of the molecule is CCC1C(=O)N(C)c2cnc(-n3ccnc3)nc2N1c1cccc(-n2cccn2)c1. The van der Waals surface area contributed by atoms with Gasteiger partial charge in [-0.05, 0) is 30.7 Å². The van der Waals surface area contributed by atoms with Gasteiger partial charge in [0.1, 0.15) is 18.1 Å². The minimum absolute atomic E-state index is 0.00785. The van der Waals surface area contributed by atoms with Crippen molar-refractivity contribution in [2.75, 3.05) is 16.8 Å². The third-order valence-electron chi connectivity index (χ3n) is 5.25. The van der Waals surface area contributed by atoms with Gasteiger partial charge in [-0.25, -0.2) is 14.6 Å². The Morgan fingerprint density at radius 2 is 1.97 bits per heavy atom. The van der Waals surface area contributed by atoms with E-state index in [0.29, 0.717) is 23.9 Å². The van der Waals surface area contributed by atoms with Gasteiger partial charge in [-0.3, -0.25) is 9.36 Å². The average Bonchev–Trinajstić information content (AvgIpc) is 3.50. The van der Waals surface area contributed by atoms with Crippen LogP contribution in [0.1, 0.15) is 13.3 Å². The molecule has 5 rings (SSSR count). The van der Waals surface area contributed by atoms with Gasteiger partial charge in [-0.1, -0.05) is 13.0 Å². The van der Waals surface area contributed by atoms with Gasteiger partial charge in [0.2, 0.25) is 11.9 Å². The minimum Gasteiger partial charge on any atom is -0.312 e. The molecule has 1 aromatic carbocycles. The number of likely N-dealkylation sites (N-methyl/N-ethyl adjacent to an activating group) is 1. The number of nitrogens with zero attached hydrogens (tertiary/aromatic N) is 8. The van der Waals surface area contributed by atoms with Crippen molar-refractivity contribution in [3.63, 3.8) is 0 Å². The van der Waals surface area contributed by atoms with Crippen molar-refractivity contribution in [2.45, 2.75) is 19.4 Å². The molecule has 1 aliphatic heterocycles. The molecule has 1 aliphatic rings. The number of imidazole rings is 1. The molecule has 0 radical (unpaired) electrons. The van der Waals surface area contributed by atoms with Gasteiger partial charge >= 0.3 is 0 Å². The summed E-state index contributed by atoms with van der Waals surface area (Å²) >= 11 is 0. The van der Waals surface area contributed by atoms with Gasteiger partial charge in [0.25, 0.3) is 0 Å². The monoisotopic (exact) mass is 400 g/mol. The van der Waals surface area contributed by atoms with E-state index in [0.717, 1.165) is 11.4 Å². The van der Waals surface area contributed by atoms with Crippen LogP contribution in [0.4, 0.5) is 17.2 Å². The van der Waals surface area contributed by atoms with E-state index in [1.165, 1.54) is 0 Å². The van der Waals surface area contributed by atoms with Gasteiger partial charge in [0.05, 0.1) is 11.9 Å². The van der Waals surface area contributed by atoms with Crippen molar-refractivity contribution in [1.29, 1.82) is 0 Å². The van der Waals surface area contributed by atoms with Crippen molar-refractivity contribution >= 4 is 23.1 Å². The highest BCUT2D eigenvalue weighted by Gasteiger charge is 2.38. The maximum Gasteiger partial charge on any atom is 0.250 e. The lowest BCUT2D eigenvalue weighted by Crippen LogP contribution is -2.50. The second-order valence-electron chi connectivity index (χ2n) is 7.01.